The molecule has 1 aliphatic heterocycles. The van der Waals surface area contributed by atoms with Crippen LogP contribution in [0.25, 0.3) is 0 Å². The summed E-state index contributed by atoms with van der Waals surface area (Å²) in [5.74, 6) is -0.692. The van der Waals surface area contributed by atoms with Crippen LogP contribution in [-0.2, 0) is 10.2 Å². The van der Waals surface area contributed by atoms with Crippen LogP contribution in [-0.4, -0.2) is 28.6 Å². The smallest absolute Gasteiger partial charge is 0.304 e. The van der Waals surface area contributed by atoms with Gasteiger partial charge in [0.1, 0.15) is 0 Å². The van der Waals surface area contributed by atoms with Crippen LogP contribution in [0.5, 0.6) is 0 Å². The Morgan fingerprint density at radius 2 is 1.95 bits per heavy atom. The summed E-state index contributed by atoms with van der Waals surface area (Å²) in [5.41, 5.74) is 2.78. The van der Waals surface area contributed by atoms with Crippen molar-refractivity contribution in [3.8, 4) is 0 Å². The zero-order valence-electron chi connectivity index (χ0n) is 13.6. The number of nitrogens with zero attached hydrogens (tertiary/aromatic N) is 1. The van der Waals surface area contributed by atoms with Crippen LogP contribution >= 0.6 is 0 Å². The van der Waals surface area contributed by atoms with E-state index in [2.05, 4.69) is 56.9 Å². The second-order valence-electron chi connectivity index (χ2n) is 7.18. The van der Waals surface area contributed by atoms with Gasteiger partial charge in [0.25, 0.3) is 0 Å². The Balaban J connectivity index is 2.12. The number of rotatable bonds is 4. The Bertz CT molecular complexity index is 487. The first-order valence-electron chi connectivity index (χ1n) is 7.87. The first-order chi connectivity index (χ1) is 9.79. The third kappa shape index (κ3) is 3.85. The van der Waals surface area contributed by atoms with Gasteiger partial charge in [0, 0.05) is 12.1 Å². The predicted molar refractivity (Wildman–Crippen MR) is 85.5 cm³/mol. The predicted octanol–water partition coefficient (Wildman–Crippen LogP) is 3.98. The highest BCUT2D eigenvalue weighted by Gasteiger charge is 2.30. The third-order valence-corrected chi connectivity index (χ3v) is 4.59. The molecule has 2 unspecified atom stereocenters. The molecule has 116 valence electrons. The minimum Gasteiger partial charge on any atom is -0.481 e. The lowest BCUT2D eigenvalue weighted by Crippen LogP contribution is -2.33. The van der Waals surface area contributed by atoms with Gasteiger partial charge in [-0.15, -0.1) is 0 Å². The molecule has 1 heterocycles. The molecule has 1 saturated heterocycles. The Kier molecular flexibility index (Phi) is 4.72. The molecule has 0 radical (unpaired) electrons. The second-order valence-corrected chi connectivity index (χ2v) is 7.18. The highest BCUT2D eigenvalue weighted by molar-refractivity contribution is 5.67. The number of carboxylic acid groups (broad SMARTS) is 1. The standard InChI is InChI=1S/C18H27NO2/c1-13(19-11-5-6-16(19)12-17(20)21)14-7-9-15(10-8-14)18(2,3)4/h7-10,13,16H,5-6,11-12H2,1-4H3,(H,20,21). The molecule has 2 atom stereocenters. The van der Waals surface area contributed by atoms with E-state index in [4.69, 9.17) is 5.11 Å². The average molecular weight is 289 g/mol. The van der Waals surface area contributed by atoms with Crippen molar-refractivity contribution in [1.29, 1.82) is 0 Å². The molecule has 1 aliphatic rings. The number of carbonyl (C=O) groups is 1. The lowest BCUT2D eigenvalue weighted by molar-refractivity contribution is -0.138. The topological polar surface area (TPSA) is 40.5 Å². The van der Waals surface area contributed by atoms with Crippen LogP contribution in [0.1, 0.15) is 64.1 Å². The van der Waals surface area contributed by atoms with Gasteiger partial charge in [0.2, 0.25) is 0 Å². The molecule has 1 aromatic carbocycles. The molecule has 1 N–H and O–H groups in total. The number of hydrogen-bond acceptors (Lipinski definition) is 2. The van der Waals surface area contributed by atoms with E-state index in [0.29, 0.717) is 0 Å². The fourth-order valence-corrected chi connectivity index (χ4v) is 3.24. The van der Waals surface area contributed by atoms with Gasteiger partial charge in [-0.2, -0.15) is 0 Å². The number of benzene rings is 1. The summed E-state index contributed by atoms with van der Waals surface area (Å²) >= 11 is 0. The fraction of sp³-hybridized carbons (Fsp3) is 0.611. The van der Waals surface area contributed by atoms with Crippen molar-refractivity contribution in [2.75, 3.05) is 6.54 Å². The Labute approximate surface area is 128 Å². The molecule has 2 rings (SSSR count). The summed E-state index contributed by atoms with van der Waals surface area (Å²) in [5, 5.41) is 9.04. The molecule has 1 aromatic rings. The largest absolute Gasteiger partial charge is 0.481 e. The SMILES string of the molecule is CC(c1ccc(C(C)(C)C)cc1)N1CCCC1CC(=O)O. The van der Waals surface area contributed by atoms with E-state index in [1.54, 1.807) is 0 Å². The summed E-state index contributed by atoms with van der Waals surface area (Å²) in [6.45, 7) is 9.84. The fourth-order valence-electron chi connectivity index (χ4n) is 3.24. The van der Waals surface area contributed by atoms with Crippen LogP contribution in [0.15, 0.2) is 24.3 Å². The number of hydrogen-bond donors (Lipinski definition) is 1. The van der Waals surface area contributed by atoms with Crippen molar-refractivity contribution in [1.82, 2.24) is 4.90 Å². The van der Waals surface area contributed by atoms with Crippen molar-refractivity contribution >= 4 is 5.97 Å². The molecule has 0 spiro atoms. The molecular formula is C18H27NO2. The van der Waals surface area contributed by atoms with E-state index in [-0.39, 0.29) is 23.9 Å². The molecule has 3 heteroatoms. The number of carboxylic acids is 1. The molecular weight excluding hydrogens is 262 g/mol. The monoisotopic (exact) mass is 289 g/mol. The Morgan fingerprint density at radius 1 is 1.33 bits per heavy atom. The van der Waals surface area contributed by atoms with Gasteiger partial charge in [-0.3, -0.25) is 9.69 Å². The molecule has 3 nitrogen and oxygen atoms in total. The summed E-state index contributed by atoms with van der Waals surface area (Å²) in [4.78, 5) is 13.3. The first kappa shape index (κ1) is 16.0. The van der Waals surface area contributed by atoms with Gasteiger partial charge >= 0.3 is 5.97 Å². The maximum atomic E-state index is 11.0. The van der Waals surface area contributed by atoms with E-state index in [9.17, 15) is 4.79 Å². The Morgan fingerprint density at radius 3 is 2.48 bits per heavy atom. The highest BCUT2D eigenvalue weighted by Crippen LogP contribution is 2.32. The van der Waals surface area contributed by atoms with Gasteiger partial charge < -0.3 is 5.11 Å². The van der Waals surface area contributed by atoms with Gasteiger partial charge in [-0.05, 0) is 42.9 Å². The van der Waals surface area contributed by atoms with E-state index >= 15 is 0 Å². The number of likely N-dealkylation sites (tertiary alicyclic amines) is 1. The zero-order valence-corrected chi connectivity index (χ0v) is 13.6. The summed E-state index contributed by atoms with van der Waals surface area (Å²) in [7, 11) is 0. The van der Waals surface area contributed by atoms with Crippen molar-refractivity contribution in [2.24, 2.45) is 0 Å². The quantitative estimate of drug-likeness (QED) is 0.911. The van der Waals surface area contributed by atoms with Crippen LogP contribution in [0.2, 0.25) is 0 Å². The van der Waals surface area contributed by atoms with Gasteiger partial charge in [-0.1, -0.05) is 45.0 Å². The minimum absolute atomic E-state index is 0.168. The van der Waals surface area contributed by atoms with Crippen LogP contribution in [0.3, 0.4) is 0 Å². The van der Waals surface area contributed by atoms with E-state index < -0.39 is 5.97 Å². The highest BCUT2D eigenvalue weighted by atomic mass is 16.4. The molecule has 1 fully saturated rings. The first-order valence-corrected chi connectivity index (χ1v) is 7.87. The number of aliphatic carboxylic acids is 1. The van der Waals surface area contributed by atoms with Crippen molar-refractivity contribution in [3.05, 3.63) is 35.4 Å². The van der Waals surface area contributed by atoms with E-state index in [1.807, 2.05) is 0 Å². The molecule has 0 aromatic heterocycles. The molecule has 0 aliphatic carbocycles. The summed E-state index contributed by atoms with van der Waals surface area (Å²) < 4.78 is 0. The minimum atomic E-state index is -0.692. The van der Waals surface area contributed by atoms with Gasteiger partial charge in [-0.25, -0.2) is 0 Å². The van der Waals surface area contributed by atoms with Crippen molar-refractivity contribution < 1.29 is 9.90 Å². The van der Waals surface area contributed by atoms with Gasteiger partial charge in [0.15, 0.2) is 0 Å². The lowest BCUT2D eigenvalue weighted by atomic mass is 9.86. The molecule has 21 heavy (non-hydrogen) atoms. The lowest BCUT2D eigenvalue weighted by Gasteiger charge is -2.30. The van der Waals surface area contributed by atoms with Gasteiger partial charge in [0.05, 0.1) is 6.42 Å². The third-order valence-electron chi connectivity index (χ3n) is 4.59. The van der Waals surface area contributed by atoms with E-state index in [1.165, 1.54) is 11.1 Å². The second kappa shape index (κ2) is 6.18. The maximum Gasteiger partial charge on any atom is 0.304 e. The maximum absolute atomic E-state index is 11.0. The zero-order chi connectivity index (χ0) is 15.6. The Hall–Kier alpha value is -1.35. The normalized spacial score (nSPS) is 21.4. The van der Waals surface area contributed by atoms with Crippen LogP contribution < -0.4 is 0 Å². The molecule has 0 amide bonds. The van der Waals surface area contributed by atoms with Crippen LogP contribution in [0.4, 0.5) is 0 Å². The molecule has 0 saturated carbocycles. The van der Waals surface area contributed by atoms with Crippen molar-refractivity contribution in [2.45, 2.75) is 64.5 Å². The summed E-state index contributed by atoms with van der Waals surface area (Å²) in [6, 6.07) is 9.26. The van der Waals surface area contributed by atoms with Crippen LogP contribution in [0, 0.1) is 0 Å². The molecule has 0 bridgehead atoms. The average Bonchev–Trinajstić information content (AvgIpc) is 2.84. The van der Waals surface area contributed by atoms with E-state index in [0.717, 1.165) is 19.4 Å². The summed E-state index contributed by atoms with van der Waals surface area (Å²) in [6.07, 6.45) is 2.35. The van der Waals surface area contributed by atoms with Crippen molar-refractivity contribution in [3.63, 3.8) is 0 Å².